The fourth-order valence-corrected chi connectivity index (χ4v) is 9.60. The number of halogens is 2. The third kappa shape index (κ3) is 8.26. The fraction of sp³-hybridized carbons (Fsp3) is 0.600. The van der Waals surface area contributed by atoms with E-state index in [2.05, 4.69) is 21.9 Å². The van der Waals surface area contributed by atoms with Crippen molar-refractivity contribution in [2.75, 3.05) is 78.5 Å². The van der Waals surface area contributed by atoms with Crippen LogP contribution in [0.2, 0.25) is 5.02 Å². The van der Waals surface area contributed by atoms with E-state index in [4.69, 9.17) is 21.1 Å². The first-order valence-corrected chi connectivity index (χ1v) is 21.2. The summed E-state index contributed by atoms with van der Waals surface area (Å²) in [5.74, 6) is -0.749. The Balaban J connectivity index is 1.29. The normalized spacial score (nSPS) is 29.7. The first-order valence-electron chi connectivity index (χ1n) is 19.3. The predicted molar refractivity (Wildman–Crippen MR) is 208 cm³/mol. The molecular formula is C40H53ClFN5O7S. The molecule has 3 aliphatic heterocycles. The van der Waals surface area contributed by atoms with E-state index in [0.29, 0.717) is 75.4 Å². The second-order valence-corrected chi connectivity index (χ2v) is 18.6. The Labute approximate surface area is 328 Å². The van der Waals surface area contributed by atoms with Gasteiger partial charge in [-0.15, -0.1) is 0 Å². The van der Waals surface area contributed by atoms with E-state index < -0.39 is 40.2 Å². The number of aryl methyl sites for hydroxylation is 1. The Bertz CT molecular complexity index is 1910. The molecular weight excluding hydrogens is 749 g/mol. The largest absolute Gasteiger partial charge is 0.490 e. The molecule has 2 aromatic carbocycles. The number of nitrogens with one attached hydrogen (secondary N) is 1. The van der Waals surface area contributed by atoms with Gasteiger partial charge in [0.25, 0.3) is 5.91 Å². The molecule has 1 saturated heterocycles. The lowest BCUT2D eigenvalue weighted by molar-refractivity contribution is -0.148. The van der Waals surface area contributed by atoms with E-state index in [0.717, 1.165) is 36.4 Å². The van der Waals surface area contributed by atoms with Gasteiger partial charge in [0.05, 0.1) is 31.4 Å². The van der Waals surface area contributed by atoms with E-state index in [-0.39, 0.29) is 28.9 Å². The summed E-state index contributed by atoms with van der Waals surface area (Å²) in [5, 5.41) is 13.0. The van der Waals surface area contributed by atoms with Gasteiger partial charge in [-0.2, -0.15) is 12.7 Å². The average Bonchev–Trinajstić information content (AvgIpc) is 3.26. The predicted octanol–water partition coefficient (Wildman–Crippen LogP) is 3.80. The highest BCUT2D eigenvalue weighted by molar-refractivity contribution is 7.87. The van der Waals surface area contributed by atoms with Crippen LogP contribution in [0.4, 0.5) is 10.1 Å². The molecule has 0 radical (unpaired) electrons. The van der Waals surface area contributed by atoms with Crippen LogP contribution in [0.15, 0.2) is 48.6 Å². The van der Waals surface area contributed by atoms with Crippen molar-refractivity contribution in [3.8, 4) is 5.75 Å². The van der Waals surface area contributed by atoms with Crippen LogP contribution in [-0.2, 0) is 42.0 Å². The van der Waals surface area contributed by atoms with Gasteiger partial charge in [-0.05, 0) is 91.3 Å². The molecule has 12 nitrogen and oxygen atoms in total. The lowest BCUT2D eigenvalue weighted by Crippen LogP contribution is -2.52. The van der Waals surface area contributed by atoms with Crippen LogP contribution in [0.5, 0.6) is 5.75 Å². The summed E-state index contributed by atoms with van der Waals surface area (Å²) in [4.78, 5) is 33.5. The number of fused-ring (bicyclic) bond motifs is 4. The molecule has 2 fully saturated rings. The topological polar surface area (TPSA) is 132 Å². The van der Waals surface area contributed by atoms with Gasteiger partial charge in [0.1, 0.15) is 11.9 Å². The molecule has 5 atom stereocenters. The van der Waals surface area contributed by atoms with Crippen LogP contribution < -0.4 is 14.4 Å². The standard InChI is InChI=1S/C40H53ClFN5O7S/c1-44(2)55(51,52)43-38(49)40(50)21-37(48)45(3)16-5-4-8-35(53-18-17-46-23-31(42)24-46)32-12-9-28(32)22-47-25-39(26-54-36-14-10-29(40)20-34(36)47)15-6-7-27-19-30(41)11-13-33(27)39/h4,8,10-11,13-14,19-20,28,31-32,35,50H,5-7,9,12,15-18,21-26H2,1-3H3,(H,43,49)/b8-4-/t28-,32+,35-,39-,40+/m0/s1. The van der Waals surface area contributed by atoms with Crippen molar-refractivity contribution in [3.63, 3.8) is 0 Å². The van der Waals surface area contributed by atoms with Gasteiger partial charge < -0.3 is 24.4 Å². The molecule has 2 bridgehead atoms. The molecule has 0 aromatic heterocycles. The molecule has 2 amide bonds. The van der Waals surface area contributed by atoms with Crippen molar-refractivity contribution in [2.45, 2.75) is 68.2 Å². The Morgan fingerprint density at radius 1 is 1.16 bits per heavy atom. The van der Waals surface area contributed by atoms with Gasteiger partial charge in [-0.1, -0.05) is 35.9 Å². The summed E-state index contributed by atoms with van der Waals surface area (Å²) in [7, 11) is -0.173. The van der Waals surface area contributed by atoms with Crippen LogP contribution in [0, 0.1) is 11.8 Å². The molecule has 0 unspecified atom stereocenters. The molecule has 7 rings (SSSR count). The highest BCUT2D eigenvalue weighted by atomic mass is 35.5. The van der Waals surface area contributed by atoms with Gasteiger partial charge in [-0.25, -0.2) is 9.11 Å². The quantitative estimate of drug-likeness (QED) is 0.402. The Morgan fingerprint density at radius 2 is 1.96 bits per heavy atom. The Hall–Kier alpha value is -3.27. The van der Waals surface area contributed by atoms with Crippen LogP contribution in [0.3, 0.4) is 0 Å². The number of ether oxygens (including phenoxy) is 2. The second-order valence-electron chi connectivity index (χ2n) is 16.3. The highest BCUT2D eigenvalue weighted by Crippen LogP contribution is 2.48. The zero-order valence-corrected chi connectivity index (χ0v) is 33.5. The minimum atomic E-state index is -4.31. The molecule has 2 aromatic rings. The zero-order chi connectivity index (χ0) is 39.1. The number of carbonyl (C=O) groups excluding carboxylic acids is 2. The molecule has 5 aliphatic rings. The summed E-state index contributed by atoms with van der Waals surface area (Å²) in [5.41, 5.74) is 0.210. The van der Waals surface area contributed by atoms with Crippen molar-refractivity contribution in [3.05, 3.63) is 70.3 Å². The number of rotatable bonds is 7. The second kappa shape index (κ2) is 15.9. The first kappa shape index (κ1) is 39.9. The van der Waals surface area contributed by atoms with Gasteiger partial charge in [0.15, 0.2) is 5.60 Å². The molecule has 2 aliphatic carbocycles. The lowest BCUT2D eigenvalue weighted by atomic mass is 9.68. The zero-order valence-electron chi connectivity index (χ0n) is 31.9. The van der Waals surface area contributed by atoms with Crippen molar-refractivity contribution in [2.24, 2.45) is 11.8 Å². The SMILES string of the molecule is CN1CC/C=C\[C@H](OCCN2CC(F)C2)[C@@H]2CC[C@H]2CN2C[C@@]3(CCCc4cc(Cl)ccc43)COc3ccc(cc32)[C@@](O)(C(=O)NS(=O)(=O)N(C)C)CC1=O. The molecule has 3 heterocycles. The highest BCUT2D eigenvalue weighted by Gasteiger charge is 2.47. The maximum atomic E-state index is 13.9. The molecule has 1 spiro atoms. The minimum absolute atomic E-state index is 0.0831. The smallest absolute Gasteiger partial charge is 0.303 e. The number of anilines is 1. The maximum Gasteiger partial charge on any atom is 0.303 e. The summed E-state index contributed by atoms with van der Waals surface area (Å²) in [6.07, 6.45) is 7.68. The Morgan fingerprint density at radius 3 is 2.69 bits per heavy atom. The van der Waals surface area contributed by atoms with Gasteiger partial charge in [-0.3, -0.25) is 14.5 Å². The summed E-state index contributed by atoms with van der Waals surface area (Å²) >= 11 is 6.48. The van der Waals surface area contributed by atoms with Gasteiger partial charge in [0.2, 0.25) is 5.91 Å². The van der Waals surface area contributed by atoms with Crippen molar-refractivity contribution in [1.82, 2.24) is 18.8 Å². The number of aliphatic hydroxyl groups is 1. The average molecular weight is 802 g/mol. The van der Waals surface area contributed by atoms with E-state index in [9.17, 15) is 27.5 Å². The third-order valence-corrected chi connectivity index (χ3v) is 14.0. The third-order valence-electron chi connectivity index (χ3n) is 12.4. The number of carbonyl (C=O) groups is 2. The number of amides is 2. The summed E-state index contributed by atoms with van der Waals surface area (Å²) in [6.45, 7) is 3.96. The minimum Gasteiger partial charge on any atom is -0.490 e. The molecule has 15 heteroatoms. The number of hydrogen-bond donors (Lipinski definition) is 2. The first-order chi connectivity index (χ1) is 26.2. The Kier molecular flexibility index (Phi) is 11.6. The molecule has 55 heavy (non-hydrogen) atoms. The van der Waals surface area contributed by atoms with E-state index >= 15 is 0 Å². The van der Waals surface area contributed by atoms with Crippen molar-refractivity contribution in [1.29, 1.82) is 0 Å². The summed E-state index contributed by atoms with van der Waals surface area (Å²) in [6, 6.07) is 11.0. The molecule has 300 valence electrons. The summed E-state index contributed by atoms with van der Waals surface area (Å²) < 4.78 is 55.3. The number of hydrogen-bond acceptors (Lipinski definition) is 9. The van der Waals surface area contributed by atoms with E-state index in [1.165, 1.54) is 30.1 Å². The van der Waals surface area contributed by atoms with Crippen molar-refractivity contribution >= 4 is 39.3 Å². The molecule has 1 saturated carbocycles. The number of likely N-dealkylation sites (tertiary alicyclic amines) is 1. The number of benzene rings is 2. The van der Waals surface area contributed by atoms with Crippen molar-refractivity contribution < 1.29 is 37.0 Å². The van der Waals surface area contributed by atoms with Crippen LogP contribution in [0.1, 0.15) is 55.2 Å². The van der Waals surface area contributed by atoms with Gasteiger partial charge >= 0.3 is 10.2 Å². The monoisotopic (exact) mass is 801 g/mol. The van der Waals surface area contributed by atoms with Crippen LogP contribution in [-0.4, -0.2) is 125 Å². The molecule has 2 N–H and O–H groups in total. The van der Waals surface area contributed by atoms with E-state index in [1.807, 2.05) is 22.9 Å². The maximum absolute atomic E-state index is 13.9. The fourth-order valence-electron chi connectivity index (χ4n) is 8.82. The number of nitrogens with zero attached hydrogens (tertiary/aromatic N) is 4. The van der Waals surface area contributed by atoms with Gasteiger partial charge in [0, 0.05) is 70.8 Å². The number of alkyl halides is 1. The lowest BCUT2D eigenvalue weighted by Gasteiger charge is -2.46. The van der Waals surface area contributed by atoms with E-state index in [1.54, 1.807) is 25.2 Å². The van der Waals surface area contributed by atoms with Crippen LogP contribution >= 0.6 is 11.6 Å². The van der Waals surface area contributed by atoms with Crippen LogP contribution in [0.25, 0.3) is 0 Å².